The van der Waals surface area contributed by atoms with E-state index in [0.29, 0.717) is 0 Å². The Kier molecular flexibility index (Phi) is 3.07. The highest BCUT2D eigenvalue weighted by Gasteiger charge is 2.40. The molecule has 1 aliphatic rings. The fourth-order valence-electron chi connectivity index (χ4n) is 2.97. The van der Waals surface area contributed by atoms with Gasteiger partial charge >= 0.3 is 0 Å². The highest BCUT2D eigenvalue weighted by atomic mass is 16.1. The van der Waals surface area contributed by atoms with Gasteiger partial charge < -0.3 is 5.32 Å². The van der Waals surface area contributed by atoms with Crippen LogP contribution in [-0.4, -0.2) is 23.9 Å². The second-order valence-corrected chi connectivity index (χ2v) is 5.27. The van der Waals surface area contributed by atoms with Gasteiger partial charge in [-0.25, -0.2) is 0 Å². The Hall–Kier alpha value is -1.74. The van der Waals surface area contributed by atoms with Crippen molar-refractivity contribution in [2.75, 3.05) is 13.1 Å². The third-order valence-corrected chi connectivity index (χ3v) is 4.28. The van der Waals surface area contributed by atoms with Crippen LogP contribution in [0.4, 0.5) is 0 Å². The average Bonchev–Trinajstić information content (AvgIpc) is 2.96. The summed E-state index contributed by atoms with van der Waals surface area (Å²) < 4.78 is 0. The molecule has 0 spiro atoms. The molecule has 1 fully saturated rings. The predicted molar refractivity (Wildman–Crippen MR) is 76.3 cm³/mol. The first-order valence-electron chi connectivity index (χ1n) is 6.86. The maximum Gasteiger partial charge on any atom is 0.172 e. The number of carbonyl (C=O) groups is 1. The lowest BCUT2D eigenvalue weighted by molar-refractivity contribution is 0.0812. The molecule has 1 aliphatic heterocycles. The highest BCUT2D eigenvalue weighted by molar-refractivity contribution is 6.09. The van der Waals surface area contributed by atoms with Crippen LogP contribution in [0.5, 0.6) is 0 Å². The molecule has 19 heavy (non-hydrogen) atoms. The van der Waals surface area contributed by atoms with E-state index in [9.17, 15) is 4.79 Å². The summed E-state index contributed by atoms with van der Waals surface area (Å²) in [5.74, 6) is 0.240. The van der Waals surface area contributed by atoms with Gasteiger partial charge in [-0.3, -0.25) is 9.78 Å². The monoisotopic (exact) mass is 254 g/mol. The highest BCUT2D eigenvalue weighted by Crippen LogP contribution is 2.34. The molecule has 1 unspecified atom stereocenters. The molecule has 0 aliphatic carbocycles. The topological polar surface area (TPSA) is 42.0 Å². The largest absolute Gasteiger partial charge is 0.316 e. The summed E-state index contributed by atoms with van der Waals surface area (Å²) in [6, 6.07) is 9.77. The standard InChI is InChI=1S/C16H18N2O/c1-2-16(8-10-17-11-16)15(19)13-7-3-5-12-6-4-9-18-14(12)13/h3-7,9,17H,2,8,10-11H2,1H3. The first-order valence-corrected chi connectivity index (χ1v) is 6.86. The van der Waals surface area contributed by atoms with Gasteiger partial charge in [-0.1, -0.05) is 25.1 Å². The number of carbonyl (C=O) groups excluding carboxylic acids is 1. The lowest BCUT2D eigenvalue weighted by Crippen LogP contribution is -2.33. The van der Waals surface area contributed by atoms with Gasteiger partial charge in [0.15, 0.2) is 5.78 Å². The van der Waals surface area contributed by atoms with Gasteiger partial charge in [-0.05, 0) is 31.5 Å². The van der Waals surface area contributed by atoms with Crippen molar-refractivity contribution in [1.82, 2.24) is 10.3 Å². The third-order valence-electron chi connectivity index (χ3n) is 4.28. The van der Waals surface area contributed by atoms with Crippen LogP contribution in [0.25, 0.3) is 10.9 Å². The number of fused-ring (bicyclic) bond motifs is 1. The van der Waals surface area contributed by atoms with Crippen LogP contribution in [-0.2, 0) is 0 Å². The quantitative estimate of drug-likeness (QED) is 0.856. The molecule has 2 aromatic rings. The molecule has 3 rings (SSSR count). The van der Waals surface area contributed by atoms with Crippen LogP contribution >= 0.6 is 0 Å². The number of benzene rings is 1. The first-order chi connectivity index (χ1) is 9.27. The second kappa shape index (κ2) is 4.74. The molecular weight excluding hydrogens is 236 g/mol. The van der Waals surface area contributed by atoms with Gasteiger partial charge in [0.05, 0.1) is 5.52 Å². The summed E-state index contributed by atoms with van der Waals surface area (Å²) >= 11 is 0. The van der Waals surface area contributed by atoms with E-state index in [-0.39, 0.29) is 11.2 Å². The molecule has 0 bridgehead atoms. The minimum atomic E-state index is -0.244. The van der Waals surface area contributed by atoms with Crippen molar-refractivity contribution in [3.63, 3.8) is 0 Å². The van der Waals surface area contributed by atoms with Gasteiger partial charge in [0.1, 0.15) is 0 Å². The number of ketones is 1. The van der Waals surface area contributed by atoms with Crippen LogP contribution in [0.3, 0.4) is 0 Å². The fraction of sp³-hybridized carbons (Fsp3) is 0.375. The summed E-state index contributed by atoms with van der Waals surface area (Å²) in [6.45, 7) is 3.81. The van der Waals surface area contributed by atoms with E-state index in [1.54, 1.807) is 6.20 Å². The number of pyridine rings is 1. The molecule has 1 atom stereocenters. The van der Waals surface area contributed by atoms with Crippen molar-refractivity contribution in [3.05, 3.63) is 42.1 Å². The Morgan fingerprint density at radius 2 is 2.21 bits per heavy atom. The van der Waals surface area contributed by atoms with E-state index < -0.39 is 0 Å². The fourth-order valence-corrected chi connectivity index (χ4v) is 2.97. The van der Waals surface area contributed by atoms with E-state index in [2.05, 4.69) is 17.2 Å². The Bertz CT molecular complexity index is 610. The molecule has 3 heteroatoms. The molecular formula is C16H18N2O. The molecule has 1 aromatic carbocycles. The van der Waals surface area contributed by atoms with Gasteiger partial charge in [0.25, 0.3) is 0 Å². The van der Waals surface area contributed by atoms with Crippen molar-refractivity contribution in [1.29, 1.82) is 0 Å². The summed E-state index contributed by atoms with van der Waals surface area (Å²) in [5.41, 5.74) is 1.35. The first kappa shape index (κ1) is 12.3. The molecule has 0 radical (unpaired) electrons. The number of para-hydroxylation sites is 1. The van der Waals surface area contributed by atoms with Crippen LogP contribution < -0.4 is 5.32 Å². The van der Waals surface area contributed by atoms with Crippen molar-refractivity contribution < 1.29 is 4.79 Å². The van der Waals surface area contributed by atoms with Crippen molar-refractivity contribution >= 4 is 16.7 Å². The van der Waals surface area contributed by atoms with E-state index in [1.807, 2.05) is 30.3 Å². The number of Topliss-reactive ketones (excluding diaryl/α,β-unsaturated/α-hetero) is 1. The molecule has 1 aromatic heterocycles. The van der Waals surface area contributed by atoms with Crippen molar-refractivity contribution in [2.45, 2.75) is 19.8 Å². The minimum Gasteiger partial charge on any atom is -0.316 e. The van der Waals surface area contributed by atoms with E-state index in [4.69, 9.17) is 0 Å². The van der Waals surface area contributed by atoms with Crippen LogP contribution in [0.2, 0.25) is 0 Å². The number of hydrogen-bond acceptors (Lipinski definition) is 3. The number of nitrogens with one attached hydrogen (secondary N) is 1. The van der Waals surface area contributed by atoms with Crippen molar-refractivity contribution in [3.8, 4) is 0 Å². The lowest BCUT2D eigenvalue weighted by atomic mass is 9.77. The molecule has 2 heterocycles. The summed E-state index contributed by atoms with van der Waals surface area (Å²) in [4.78, 5) is 17.3. The zero-order valence-corrected chi connectivity index (χ0v) is 11.1. The number of rotatable bonds is 3. The Morgan fingerprint density at radius 3 is 2.95 bits per heavy atom. The molecule has 0 saturated carbocycles. The second-order valence-electron chi connectivity index (χ2n) is 5.27. The van der Waals surface area contributed by atoms with Crippen LogP contribution in [0.15, 0.2) is 36.5 Å². The zero-order chi connectivity index (χ0) is 13.3. The van der Waals surface area contributed by atoms with Gasteiger partial charge in [0, 0.05) is 29.1 Å². The number of hydrogen-bond donors (Lipinski definition) is 1. The lowest BCUT2D eigenvalue weighted by Gasteiger charge is -2.25. The van der Waals surface area contributed by atoms with Gasteiger partial charge in [-0.15, -0.1) is 0 Å². The number of nitrogens with zero attached hydrogens (tertiary/aromatic N) is 1. The Labute approximate surface area is 113 Å². The van der Waals surface area contributed by atoms with Gasteiger partial charge in [0.2, 0.25) is 0 Å². The Morgan fingerprint density at radius 1 is 1.37 bits per heavy atom. The zero-order valence-electron chi connectivity index (χ0n) is 11.1. The summed E-state index contributed by atoms with van der Waals surface area (Å²) in [7, 11) is 0. The maximum atomic E-state index is 12.9. The SMILES string of the molecule is CCC1(C(=O)c2cccc3cccnc23)CCNC1. The third kappa shape index (κ3) is 1.94. The van der Waals surface area contributed by atoms with Crippen LogP contribution in [0.1, 0.15) is 30.1 Å². The summed E-state index contributed by atoms with van der Waals surface area (Å²) in [5, 5.41) is 4.35. The van der Waals surface area contributed by atoms with E-state index in [1.165, 1.54) is 0 Å². The van der Waals surface area contributed by atoms with E-state index in [0.717, 1.165) is 42.4 Å². The predicted octanol–water partition coefficient (Wildman–Crippen LogP) is 2.81. The Balaban J connectivity index is 2.11. The van der Waals surface area contributed by atoms with E-state index >= 15 is 0 Å². The van der Waals surface area contributed by atoms with Crippen molar-refractivity contribution in [2.24, 2.45) is 5.41 Å². The molecule has 1 saturated heterocycles. The normalized spacial score (nSPS) is 22.8. The molecule has 3 nitrogen and oxygen atoms in total. The maximum absolute atomic E-state index is 12.9. The van der Waals surface area contributed by atoms with Gasteiger partial charge in [-0.2, -0.15) is 0 Å². The summed E-state index contributed by atoms with van der Waals surface area (Å²) in [6.07, 6.45) is 3.55. The molecule has 98 valence electrons. The van der Waals surface area contributed by atoms with Crippen LogP contribution in [0, 0.1) is 5.41 Å². The minimum absolute atomic E-state index is 0.240. The molecule has 1 N–H and O–H groups in total. The molecule has 0 amide bonds. The number of aromatic nitrogens is 1. The average molecular weight is 254 g/mol. The smallest absolute Gasteiger partial charge is 0.172 e.